The second-order valence-corrected chi connectivity index (χ2v) is 9.06. The van der Waals surface area contributed by atoms with Crippen molar-refractivity contribution in [2.75, 3.05) is 31.1 Å². The number of rotatable bonds is 5. The second-order valence-electron chi connectivity index (χ2n) is 9.06. The van der Waals surface area contributed by atoms with E-state index < -0.39 is 0 Å². The maximum absolute atomic E-state index is 9.85. The van der Waals surface area contributed by atoms with Gasteiger partial charge in [0.1, 0.15) is 6.07 Å². The van der Waals surface area contributed by atoms with E-state index in [2.05, 4.69) is 99.7 Å². The summed E-state index contributed by atoms with van der Waals surface area (Å²) in [6.45, 7) is 3.22. The highest BCUT2D eigenvalue weighted by Crippen LogP contribution is 2.34. The molecule has 5 nitrogen and oxygen atoms in total. The molecule has 1 aromatic heterocycles. The van der Waals surface area contributed by atoms with Crippen LogP contribution in [0.15, 0.2) is 108 Å². The molecule has 1 aliphatic heterocycles. The molecule has 0 saturated carbocycles. The Morgan fingerprint density at radius 3 is 2.00 bits per heavy atom. The number of benzene rings is 4. The monoisotopic (exact) mass is 470 g/mol. The highest BCUT2D eigenvalue weighted by Gasteiger charge is 2.29. The molecule has 1 aliphatic rings. The van der Waals surface area contributed by atoms with Gasteiger partial charge in [-0.15, -0.1) is 0 Å². The van der Waals surface area contributed by atoms with Crippen molar-refractivity contribution < 1.29 is 4.42 Å². The third-order valence-corrected chi connectivity index (χ3v) is 6.93. The Bertz CT molecular complexity index is 1470. The number of oxazole rings is 1. The summed E-state index contributed by atoms with van der Waals surface area (Å²) in [7, 11) is 0. The SMILES string of the molecule is N#Cc1nc(-c2cccc3ccccc23)oc1N1CCN(C(c2ccccc2)c2ccccc2)CC1. The average molecular weight is 471 g/mol. The van der Waals surface area contributed by atoms with Crippen molar-refractivity contribution in [1.82, 2.24) is 9.88 Å². The number of piperazine rings is 1. The van der Waals surface area contributed by atoms with Gasteiger partial charge >= 0.3 is 0 Å². The molecule has 0 spiro atoms. The van der Waals surface area contributed by atoms with Crippen molar-refractivity contribution in [3.8, 4) is 17.5 Å². The predicted octanol–water partition coefficient (Wildman–Crippen LogP) is 6.28. The van der Waals surface area contributed by atoms with Gasteiger partial charge in [0.05, 0.1) is 6.04 Å². The Hall–Kier alpha value is -4.40. The van der Waals surface area contributed by atoms with Gasteiger partial charge in [0.25, 0.3) is 0 Å². The minimum Gasteiger partial charge on any atom is -0.419 e. The zero-order valence-electron chi connectivity index (χ0n) is 19.9. The van der Waals surface area contributed by atoms with Gasteiger partial charge < -0.3 is 9.32 Å². The molecule has 0 aliphatic carbocycles. The van der Waals surface area contributed by atoms with E-state index in [1.807, 2.05) is 24.3 Å². The molecule has 36 heavy (non-hydrogen) atoms. The molecule has 1 fully saturated rings. The fraction of sp³-hybridized carbons (Fsp3) is 0.161. The number of anilines is 1. The third-order valence-electron chi connectivity index (χ3n) is 6.93. The number of hydrogen-bond acceptors (Lipinski definition) is 5. The van der Waals surface area contributed by atoms with Crippen LogP contribution in [0, 0.1) is 11.3 Å². The normalized spacial score (nSPS) is 14.3. The van der Waals surface area contributed by atoms with Crippen LogP contribution in [0.5, 0.6) is 0 Å². The lowest BCUT2D eigenvalue weighted by Crippen LogP contribution is -2.48. The lowest BCUT2D eigenvalue weighted by molar-refractivity contribution is 0.209. The van der Waals surface area contributed by atoms with Crippen molar-refractivity contribution >= 4 is 16.7 Å². The number of nitrogens with zero attached hydrogens (tertiary/aromatic N) is 4. The fourth-order valence-electron chi connectivity index (χ4n) is 5.19. The van der Waals surface area contributed by atoms with Crippen molar-refractivity contribution in [2.24, 2.45) is 0 Å². The van der Waals surface area contributed by atoms with Gasteiger partial charge in [-0.1, -0.05) is 97.1 Å². The molecule has 0 bridgehead atoms. The maximum atomic E-state index is 9.85. The highest BCUT2D eigenvalue weighted by molar-refractivity contribution is 5.94. The van der Waals surface area contributed by atoms with Crippen LogP contribution in [0.25, 0.3) is 22.2 Å². The van der Waals surface area contributed by atoms with E-state index in [1.165, 1.54) is 11.1 Å². The summed E-state index contributed by atoms with van der Waals surface area (Å²) < 4.78 is 6.28. The Labute approximate surface area is 210 Å². The quantitative estimate of drug-likeness (QED) is 0.303. The molecule has 0 atom stereocenters. The number of aromatic nitrogens is 1. The summed E-state index contributed by atoms with van der Waals surface area (Å²) >= 11 is 0. The molecule has 1 saturated heterocycles. The number of nitriles is 1. The van der Waals surface area contributed by atoms with Crippen LogP contribution >= 0.6 is 0 Å². The molecule has 5 heteroatoms. The van der Waals surface area contributed by atoms with E-state index in [0.29, 0.717) is 17.5 Å². The Morgan fingerprint density at radius 1 is 0.722 bits per heavy atom. The van der Waals surface area contributed by atoms with Crippen LogP contribution in [0.1, 0.15) is 22.9 Å². The topological polar surface area (TPSA) is 56.3 Å². The first-order valence-corrected chi connectivity index (χ1v) is 12.3. The molecule has 4 aromatic carbocycles. The van der Waals surface area contributed by atoms with Gasteiger partial charge in [-0.3, -0.25) is 4.90 Å². The first-order valence-electron chi connectivity index (χ1n) is 12.3. The van der Waals surface area contributed by atoms with Crippen molar-refractivity contribution in [1.29, 1.82) is 5.26 Å². The van der Waals surface area contributed by atoms with Crippen LogP contribution in [-0.2, 0) is 0 Å². The van der Waals surface area contributed by atoms with Crippen molar-refractivity contribution in [2.45, 2.75) is 6.04 Å². The Balaban J connectivity index is 1.27. The summed E-state index contributed by atoms with van der Waals surface area (Å²) in [5.41, 5.74) is 3.82. The van der Waals surface area contributed by atoms with Crippen LogP contribution in [0.4, 0.5) is 5.88 Å². The van der Waals surface area contributed by atoms with Crippen molar-refractivity contribution in [3.05, 3.63) is 120 Å². The Kier molecular flexibility index (Phi) is 5.95. The summed E-state index contributed by atoms with van der Waals surface area (Å²) in [4.78, 5) is 9.26. The molecule has 5 aromatic rings. The van der Waals surface area contributed by atoms with Gasteiger partial charge in [-0.05, 0) is 28.0 Å². The maximum Gasteiger partial charge on any atom is 0.235 e. The van der Waals surface area contributed by atoms with Gasteiger partial charge in [0, 0.05) is 31.7 Å². The lowest BCUT2D eigenvalue weighted by Gasteiger charge is -2.39. The molecule has 0 unspecified atom stereocenters. The standard InChI is InChI=1S/C31H26N4O/c32-22-28-31(36-30(33-28)27-17-9-15-23-10-7-8-16-26(23)27)35-20-18-34(19-21-35)29(24-11-3-1-4-12-24)25-13-5-2-6-14-25/h1-17,29H,18-21H2. The predicted molar refractivity (Wildman–Crippen MR) is 143 cm³/mol. The molecular weight excluding hydrogens is 444 g/mol. The van der Waals surface area contributed by atoms with Crippen LogP contribution in [0.3, 0.4) is 0 Å². The average Bonchev–Trinajstić information content (AvgIpc) is 3.39. The minimum atomic E-state index is 0.186. The van der Waals surface area contributed by atoms with E-state index in [9.17, 15) is 5.26 Å². The molecule has 0 amide bonds. The van der Waals surface area contributed by atoms with E-state index in [-0.39, 0.29) is 6.04 Å². The lowest BCUT2D eigenvalue weighted by atomic mass is 9.96. The molecule has 2 heterocycles. The van der Waals surface area contributed by atoms with E-state index in [1.54, 1.807) is 0 Å². The van der Waals surface area contributed by atoms with Crippen LogP contribution in [-0.4, -0.2) is 36.1 Å². The smallest absolute Gasteiger partial charge is 0.235 e. The van der Waals surface area contributed by atoms with E-state index in [4.69, 9.17) is 4.42 Å². The molecule has 176 valence electrons. The third kappa shape index (κ3) is 4.13. The van der Waals surface area contributed by atoms with E-state index >= 15 is 0 Å². The van der Waals surface area contributed by atoms with Gasteiger partial charge in [-0.2, -0.15) is 10.2 Å². The molecule has 0 N–H and O–H groups in total. The number of fused-ring (bicyclic) bond motifs is 1. The van der Waals surface area contributed by atoms with Crippen molar-refractivity contribution in [3.63, 3.8) is 0 Å². The molecule has 0 radical (unpaired) electrons. The van der Waals surface area contributed by atoms with E-state index in [0.717, 1.165) is 42.5 Å². The zero-order valence-corrected chi connectivity index (χ0v) is 19.9. The molecule has 6 rings (SSSR count). The summed E-state index contributed by atoms with van der Waals surface area (Å²) in [6.07, 6.45) is 0. The second kappa shape index (κ2) is 9.69. The summed E-state index contributed by atoms with van der Waals surface area (Å²) in [5, 5.41) is 12.0. The van der Waals surface area contributed by atoms with Crippen LogP contribution < -0.4 is 4.90 Å². The largest absolute Gasteiger partial charge is 0.419 e. The summed E-state index contributed by atoms with van der Waals surface area (Å²) in [5.74, 6) is 1.06. The zero-order chi connectivity index (χ0) is 24.3. The first kappa shape index (κ1) is 22.1. The highest BCUT2D eigenvalue weighted by atomic mass is 16.4. The first-order chi connectivity index (χ1) is 17.8. The van der Waals surface area contributed by atoms with Gasteiger partial charge in [0.2, 0.25) is 17.5 Å². The minimum absolute atomic E-state index is 0.186. The number of hydrogen-bond donors (Lipinski definition) is 0. The van der Waals surface area contributed by atoms with Gasteiger partial charge in [-0.25, -0.2) is 0 Å². The molecular formula is C31H26N4O. The Morgan fingerprint density at radius 2 is 1.33 bits per heavy atom. The summed E-state index contributed by atoms with van der Waals surface area (Å²) in [6, 6.07) is 38.0. The van der Waals surface area contributed by atoms with Crippen LogP contribution in [0.2, 0.25) is 0 Å². The van der Waals surface area contributed by atoms with Gasteiger partial charge in [0.15, 0.2) is 0 Å². The fourth-order valence-corrected chi connectivity index (χ4v) is 5.19.